The van der Waals surface area contributed by atoms with Crippen LogP contribution < -0.4 is 9.80 Å². The number of anilines is 6. The van der Waals surface area contributed by atoms with E-state index < -0.39 is 0 Å². The number of fused-ring (bicyclic) bond motifs is 1. The lowest BCUT2D eigenvalue weighted by Crippen LogP contribution is -2.16. The van der Waals surface area contributed by atoms with Crippen molar-refractivity contribution in [2.45, 2.75) is 69.2 Å². The van der Waals surface area contributed by atoms with Gasteiger partial charge in [-0.15, -0.1) is 0 Å². The fourth-order valence-electron chi connectivity index (χ4n) is 10.5. The first-order chi connectivity index (χ1) is 37.8. The Morgan fingerprint density at radius 1 is 0.256 bits per heavy atom. The highest BCUT2D eigenvalue weighted by atomic mass is 15.2. The molecule has 0 heterocycles. The minimum absolute atomic E-state index is 1.09. The lowest BCUT2D eigenvalue weighted by Gasteiger charge is -2.34. The van der Waals surface area contributed by atoms with Crippen LogP contribution in [0.15, 0.2) is 218 Å². The largest absolute Gasteiger partial charge is 0.310 e. The number of hydrogen-bond acceptors (Lipinski definition) is 2. The molecule has 384 valence electrons. The first-order valence-corrected chi connectivity index (χ1v) is 27.3. The third kappa shape index (κ3) is 11.7. The molecular weight excluding hydrogens is 941 g/mol. The number of allylic oxidation sites excluding steroid dienone is 4. The number of hydrogen-bond donors (Lipinski definition) is 0. The molecule has 0 spiro atoms. The van der Waals surface area contributed by atoms with Crippen LogP contribution in [0.3, 0.4) is 0 Å². The number of aryl methyl sites for hydroxylation is 4. The zero-order valence-corrected chi connectivity index (χ0v) is 47.0. The maximum Gasteiger partial charge on any atom is 0.0573 e. The summed E-state index contributed by atoms with van der Waals surface area (Å²) in [6, 6.07) is 80.4. The van der Waals surface area contributed by atoms with E-state index in [1.54, 1.807) is 0 Å². The fourth-order valence-corrected chi connectivity index (χ4v) is 10.5. The van der Waals surface area contributed by atoms with Gasteiger partial charge in [0.05, 0.1) is 11.4 Å². The summed E-state index contributed by atoms with van der Waals surface area (Å²) in [5.74, 6) is 0. The first-order valence-electron chi connectivity index (χ1n) is 27.3. The number of benzene rings is 10. The SMILES string of the molecule is CC(=Cc1ccc(N(c2ccc(C=C(C)c3ccc(C)cc3)cc2)c2c(C)c(C)c(N(c3ccc(C=C(C)c4ccc(C)cc4)cc3)c3ccc(C=C(C)c4ccc(C)cc4)cc3)c3ccccc23)cc1)c1ccc(C)cc1. The third-order valence-corrected chi connectivity index (χ3v) is 15.3. The van der Waals surface area contributed by atoms with Crippen molar-refractivity contribution in [3.05, 3.63) is 296 Å². The quantitative estimate of drug-likeness (QED) is 0.100. The zero-order valence-electron chi connectivity index (χ0n) is 47.0. The second-order valence-electron chi connectivity index (χ2n) is 21.3. The molecule has 0 amide bonds. The van der Waals surface area contributed by atoms with Crippen molar-refractivity contribution >= 4 is 91.5 Å². The summed E-state index contributed by atoms with van der Waals surface area (Å²) in [6.45, 7) is 21.9. The van der Waals surface area contributed by atoms with Gasteiger partial charge < -0.3 is 9.80 Å². The van der Waals surface area contributed by atoms with Gasteiger partial charge in [-0.3, -0.25) is 0 Å². The Kier molecular flexibility index (Phi) is 15.5. The average molecular weight is 1010 g/mol. The van der Waals surface area contributed by atoms with Crippen molar-refractivity contribution in [1.82, 2.24) is 0 Å². The molecule has 0 aliphatic heterocycles. The highest BCUT2D eigenvalue weighted by molar-refractivity contribution is 6.10. The molecule has 0 aliphatic rings. The van der Waals surface area contributed by atoms with Crippen molar-refractivity contribution in [2.24, 2.45) is 0 Å². The molecule has 0 unspecified atom stereocenters. The second kappa shape index (κ2) is 23.1. The van der Waals surface area contributed by atoms with Gasteiger partial charge in [0.25, 0.3) is 0 Å². The Labute approximate surface area is 464 Å². The van der Waals surface area contributed by atoms with Crippen LogP contribution in [0.25, 0.3) is 57.4 Å². The standard InChI is InChI=1S/C76H70N2/c1-51-15-31-65(32-16-51)55(5)47-61-23-39-69(40-24-61)77(70-41-25-62(26-42-70)48-56(6)66-33-17-52(2)18-34-66)75-59(9)60(10)76(74-14-12-11-13-73(74)75)78(71-43-27-63(28-44-71)49-57(7)67-35-19-53(3)20-36-67)72-45-29-64(30-46-72)50-58(8)68-37-21-54(4)22-38-68/h11-50H,1-10H3. The van der Waals surface area contributed by atoms with Gasteiger partial charge in [-0.05, 0) is 196 Å². The van der Waals surface area contributed by atoms with Crippen molar-refractivity contribution in [2.75, 3.05) is 9.80 Å². The van der Waals surface area contributed by atoms with Gasteiger partial charge >= 0.3 is 0 Å². The van der Waals surface area contributed by atoms with Gasteiger partial charge in [0.15, 0.2) is 0 Å². The highest BCUT2D eigenvalue weighted by Crippen LogP contribution is 2.50. The molecule has 0 atom stereocenters. The van der Waals surface area contributed by atoms with E-state index in [2.05, 4.69) is 322 Å². The highest BCUT2D eigenvalue weighted by Gasteiger charge is 2.26. The zero-order chi connectivity index (χ0) is 54.5. The average Bonchev–Trinajstić information content (AvgIpc) is 3.51. The molecule has 2 heteroatoms. The van der Waals surface area contributed by atoms with E-state index in [-0.39, 0.29) is 0 Å². The minimum Gasteiger partial charge on any atom is -0.310 e. The first kappa shape index (κ1) is 52.5. The molecule has 0 aliphatic carbocycles. The molecule has 0 bridgehead atoms. The van der Waals surface area contributed by atoms with E-state index in [9.17, 15) is 0 Å². The van der Waals surface area contributed by atoms with Crippen molar-refractivity contribution in [3.63, 3.8) is 0 Å². The number of rotatable bonds is 14. The summed E-state index contributed by atoms with van der Waals surface area (Å²) in [4.78, 5) is 4.93. The van der Waals surface area contributed by atoms with Gasteiger partial charge in [-0.1, -0.05) is 216 Å². The van der Waals surface area contributed by atoms with E-state index in [1.807, 2.05) is 0 Å². The van der Waals surface area contributed by atoms with Crippen LogP contribution in [0.5, 0.6) is 0 Å². The van der Waals surface area contributed by atoms with Crippen LogP contribution >= 0.6 is 0 Å². The molecule has 0 saturated carbocycles. The Balaban J connectivity index is 1.11. The third-order valence-electron chi connectivity index (χ3n) is 15.3. The fraction of sp³-hybridized carbons (Fsp3) is 0.132. The Hall–Kier alpha value is -8.98. The van der Waals surface area contributed by atoms with Gasteiger partial charge in [0.1, 0.15) is 0 Å². The Bertz CT molecular complexity index is 3380. The van der Waals surface area contributed by atoms with Crippen molar-refractivity contribution in [1.29, 1.82) is 0 Å². The van der Waals surface area contributed by atoms with Crippen LogP contribution in [-0.4, -0.2) is 0 Å². The summed E-state index contributed by atoms with van der Waals surface area (Å²) in [6.07, 6.45) is 9.14. The lowest BCUT2D eigenvalue weighted by molar-refractivity contribution is 1.21. The summed E-state index contributed by atoms with van der Waals surface area (Å²) >= 11 is 0. The monoisotopic (exact) mass is 1010 g/mol. The van der Waals surface area contributed by atoms with Crippen LogP contribution in [-0.2, 0) is 0 Å². The molecule has 0 N–H and O–H groups in total. The van der Waals surface area contributed by atoms with E-state index in [0.29, 0.717) is 0 Å². The molecule has 10 aromatic rings. The Morgan fingerprint density at radius 3 is 0.667 bits per heavy atom. The summed E-state index contributed by atoms with van der Waals surface area (Å²) < 4.78 is 0. The molecule has 0 radical (unpaired) electrons. The lowest BCUT2D eigenvalue weighted by atomic mass is 9.93. The predicted molar refractivity (Wildman–Crippen MR) is 342 cm³/mol. The molecule has 2 nitrogen and oxygen atoms in total. The molecule has 0 aromatic heterocycles. The van der Waals surface area contributed by atoms with Crippen molar-refractivity contribution in [3.8, 4) is 0 Å². The van der Waals surface area contributed by atoms with E-state index in [4.69, 9.17) is 0 Å². The van der Waals surface area contributed by atoms with Crippen LogP contribution in [0.4, 0.5) is 34.1 Å². The van der Waals surface area contributed by atoms with Crippen LogP contribution in [0, 0.1) is 41.5 Å². The van der Waals surface area contributed by atoms with Gasteiger partial charge in [-0.2, -0.15) is 0 Å². The molecular formula is C76H70N2. The normalized spacial score (nSPS) is 12.3. The second-order valence-corrected chi connectivity index (χ2v) is 21.3. The van der Waals surface area contributed by atoms with E-state index in [0.717, 1.165) is 56.4 Å². The number of nitrogens with zero attached hydrogens (tertiary/aromatic N) is 2. The summed E-state index contributed by atoms with van der Waals surface area (Å²) in [7, 11) is 0. The van der Waals surface area contributed by atoms with E-state index >= 15 is 0 Å². The maximum absolute atomic E-state index is 2.47. The maximum atomic E-state index is 2.47. The van der Waals surface area contributed by atoms with Gasteiger partial charge in [0.2, 0.25) is 0 Å². The molecule has 10 aromatic carbocycles. The minimum atomic E-state index is 1.09. The van der Waals surface area contributed by atoms with Gasteiger partial charge in [-0.25, -0.2) is 0 Å². The smallest absolute Gasteiger partial charge is 0.0573 e. The Morgan fingerprint density at radius 2 is 0.462 bits per heavy atom. The van der Waals surface area contributed by atoms with Crippen LogP contribution in [0.1, 0.15) is 106 Å². The van der Waals surface area contributed by atoms with Crippen molar-refractivity contribution < 1.29 is 0 Å². The van der Waals surface area contributed by atoms with Gasteiger partial charge in [0, 0.05) is 33.5 Å². The molecule has 0 fully saturated rings. The molecule has 0 saturated heterocycles. The van der Waals surface area contributed by atoms with Crippen LogP contribution in [0.2, 0.25) is 0 Å². The molecule has 78 heavy (non-hydrogen) atoms. The summed E-state index contributed by atoms with van der Waals surface area (Å²) in [5, 5.41) is 2.33. The predicted octanol–water partition coefficient (Wildman–Crippen LogP) is 21.9. The topological polar surface area (TPSA) is 6.48 Å². The summed E-state index contributed by atoms with van der Waals surface area (Å²) in [5.41, 5.74) is 28.6. The van der Waals surface area contributed by atoms with E-state index in [1.165, 1.54) is 88.7 Å². The molecule has 10 rings (SSSR count).